The molecule has 3 atom stereocenters. The molecule has 8 heteroatoms. The zero-order chi connectivity index (χ0) is 20.9. The second-order valence-corrected chi connectivity index (χ2v) is 8.82. The number of likely N-dealkylation sites (N-methyl/N-ethyl adjacent to an activating group) is 2. The maximum absolute atomic E-state index is 13.2. The molecule has 3 unspecified atom stereocenters. The van der Waals surface area contributed by atoms with Crippen LogP contribution in [-0.2, 0) is 16.0 Å². The Morgan fingerprint density at radius 2 is 1.89 bits per heavy atom. The summed E-state index contributed by atoms with van der Waals surface area (Å²) in [6.07, 6.45) is 7.46. The van der Waals surface area contributed by atoms with E-state index >= 15 is 0 Å². The molecule has 1 aliphatic heterocycles. The van der Waals surface area contributed by atoms with Gasteiger partial charge in [0.05, 0.1) is 6.26 Å². The smallest absolute Gasteiger partial charge is 0.260 e. The molecule has 28 heavy (non-hydrogen) atoms. The monoisotopic (exact) mass is 424 g/mol. The van der Waals surface area contributed by atoms with Gasteiger partial charge in [0, 0.05) is 33.0 Å². The summed E-state index contributed by atoms with van der Waals surface area (Å²) in [4.78, 5) is 28.1. The quantitative estimate of drug-likeness (QED) is 0.647. The van der Waals surface area contributed by atoms with Crippen LogP contribution in [0.1, 0.15) is 12.5 Å². The fraction of sp³-hybridized carbons (Fsp3) is 0.500. The second kappa shape index (κ2) is 9.71. The largest absolute Gasteiger partial charge is 0.465 e. The fourth-order valence-corrected chi connectivity index (χ4v) is 4.82. The highest BCUT2D eigenvalue weighted by molar-refractivity contribution is 8.01. The number of carbonyl (C=O) groups excluding carboxylic acids is 2. The molecule has 1 aromatic carbocycles. The second-order valence-electron chi connectivity index (χ2n) is 6.82. The number of amides is 2. The number of hydrogen-bond donors (Lipinski definition) is 1. The van der Waals surface area contributed by atoms with E-state index in [0.29, 0.717) is 12.2 Å². The normalized spacial score (nSPS) is 24.1. The minimum Gasteiger partial charge on any atom is -0.465 e. The summed E-state index contributed by atoms with van der Waals surface area (Å²) in [5, 5.41) is 8.53. The number of thioether (sulfide) groups is 2. The number of carbonyl (C=O) groups is 2. The summed E-state index contributed by atoms with van der Waals surface area (Å²) in [5.41, 5.74) is 0.943. The van der Waals surface area contributed by atoms with Crippen LogP contribution in [-0.4, -0.2) is 70.2 Å². The third-order valence-electron chi connectivity index (χ3n) is 4.92. The van der Waals surface area contributed by atoms with Crippen molar-refractivity contribution < 1.29 is 19.4 Å². The molecule has 0 radical (unpaired) electrons. The average molecular weight is 425 g/mol. The maximum Gasteiger partial charge on any atom is 0.260 e. The van der Waals surface area contributed by atoms with Gasteiger partial charge in [0.2, 0.25) is 0 Å². The summed E-state index contributed by atoms with van der Waals surface area (Å²) in [7, 11) is 3.40. The van der Waals surface area contributed by atoms with Gasteiger partial charge in [-0.15, -0.1) is 23.5 Å². The van der Waals surface area contributed by atoms with Gasteiger partial charge >= 0.3 is 0 Å². The number of hydrogen-bond acceptors (Lipinski definition) is 6. The Morgan fingerprint density at radius 1 is 1.25 bits per heavy atom. The lowest BCUT2D eigenvalue weighted by Gasteiger charge is -2.48. The molecule has 0 aliphatic carbocycles. The predicted octanol–water partition coefficient (Wildman–Crippen LogP) is 2.43. The minimum absolute atomic E-state index is 0.0354. The molecule has 1 aromatic rings. The van der Waals surface area contributed by atoms with Crippen LogP contribution in [0.4, 0.5) is 0 Å². The molecule has 1 fully saturated rings. The summed E-state index contributed by atoms with van der Waals surface area (Å²) in [6.45, 7) is 1.96. The van der Waals surface area contributed by atoms with Crippen LogP contribution in [0.3, 0.4) is 0 Å². The third kappa shape index (κ3) is 4.50. The average Bonchev–Trinajstić information content (AvgIpc) is 2.71. The van der Waals surface area contributed by atoms with Crippen molar-refractivity contribution in [1.82, 2.24) is 9.80 Å². The maximum atomic E-state index is 13.2. The number of aliphatic hydroxyl groups excluding tert-OH is 1. The highest BCUT2D eigenvalue weighted by atomic mass is 32.2. The number of benzene rings is 1. The van der Waals surface area contributed by atoms with E-state index in [-0.39, 0.29) is 24.3 Å². The molecule has 1 aliphatic rings. The standard InChI is InChI=1S/C20H28N2O4S2/c1-14(13-23)10-11-26-16-8-6-15(7-9-16)12-20(28-5)19(25)21(2)18(27-4)17(24)22(20)3/h6-11,14,18,23H,12-13H2,1-5H3. The lowest BCUT2D eigenvalue weighted by molar-refractivity contribution is -0.156. The molecule has 0 spiro atoms. The van der Waals surface area contributed by atoms with Crippen LogP contribution < -0.4 is 4.74 Å². The van der Waals surface area contributed by atoms with Crippen LogP contribution in [0.15, 0.2) is 36.6 Å². The highest BCUT2D eigenvalue weighted by Crippen LogP contribution is 2.39. The van der Waals surface area contributed by atoms with Gasteiger partial charge in [0.15, 0.2) is 10.2 Å². The number of aliphatic hydroxyl groups is 1. The fourth-order valence-electron chi connectivity index (χ4n) is 3.06. The first-order chi connectivity index (χ1) is 13.3. The van der Waals surface area contributed by atoms with Crippen LogP contribution >= 0.6 is 23.5 Å². The van der Waals surface area contributed by atoms with Crippen molar-refractivity contribution in [2.24, 2.45) is 5.92 Å². The van der Waals surface area contributed by atoms with Gasteiger partial charge in [0.1, 0.15) is 5.75 Å². The van der Waals surface area contributed by atoms with Gasteiger partial charge in [-0.1, -0.05) is 19.1 Å². The van der Waals surface area contributed by atoms with Gasteiger partial charge < -0.3 is 19.6 Å². The zero-order valence-corrected chi connectivity index (χ0v) is 18.5. The molecular formula is C20H28N2O4S2. The van der Waals surface area contributed by atoms with Crippen molar-refractivity contribution in [3.8, 4) is 5.75 Å². The van der Waals surface area contributed by atoms with E-state index in [0.717, 1.165) is 5.56 Å². The Hall–Kier alpha value is -1.64. The Kier molecular flexibility index (Phi) is 7.86. The molecular weight excluding hydrogens is 396 g/mol. The van der Waals surface area contributed by atoms with Crippen molar-refractivity contribution >= 4 is 35.3 Å². The molecule has 0 bridgehead atoms. The molecule has 2 rings (SSSR count). The molecule has 154 valence electrons. The van der Waals surface area contributed by atoms with E-state index in [2.05, 4.69) is 0 Å². The van der Waals surface area contributed by atoms with Gasteiger partial charge in [-0.05, 0) is 36.3 Å². The minimum atomic E-state index is -0.961. The number of rotatable bonds is 8. The predicted molar refractivity (Wildman–Crippen MR) is 115 cm³/mol. The van der Waals surface area contributed by atoms with Crippen LogP contribution in [0, 0.1) is 5.92 Å². The summed E-state index contributed by atoms with van der Waals surface area (Å²) < 4.78 is 5.54. The van der Waals surface area contributed by atoms with Gasteiger partial charge in [-0.25, -0.2) is 0 Å². The van der Waals surface area contributed by atoms with Crippen molar-refractivity contribution in [2.75, 3.05) is 33.2 Å². The molecule has 1 heterocycles. The van der Waals surface area contributed by atoms with E-state index in [1.807, 2.05) is 43.7 Å². The number of ether oxygens (including phenoxy) is 1. The Bertz CT molecular complexity index is 725. The first-order valence-corrected chi connectivity index (χ1v) is 11.5. The highest BCUT2D eigenvalue weighted by Gasteiger charge is 2.53. The number of piperazine rings is 1. The Morgan fingerprint density at radius 3 is 2.43 bits per heavy atom. The van der Waals surface area contributed by atoms with E-state index in [4.69, 9.17) is 9.84 Å². The van der Waals surface area contributed by atoms with Crippen LogP contribution in [0.5, 0.6) is 5.75 Å². The molecule has 1 N–H and O–H groups in total. The third-order valence-corrected chi connectivity index (χ3v) is 7.15. The van der Waals surface area contributed by atoms with Crippen LogP contribution in [0.2, 0.25) is 0 Å². The molecule has 0 aromatic heterocycles. The van der Waals surface area contributed by atoms with E-state index < -0.39 is 10.2 Å². The molecule has 1 saturated heterocycles. The van der Waals surface area contributed by atoms with Crippen molar-refractivity contribution in [1.29, 1.82) is 0 Å². The number of nitrogens with zero attached hydrogens (tertiary/aromatic N) is 2. The Balaban J connectivity index is 2.18. The first kappa shape index (κ1) is 22.6. The summed E-state index contributed by atoms with van der Waals surface area (Å²) in [6, 6.07) is 7.48. The lowest BCUT2D eigenvalue weighted by Crippen LogP contribution is -2.68. The van der Waals surface area contributed by atoms with E-state index in [1.54, 1.807) is 36.2 Å². The van der Waals surface area contributed by atoms with Crippen LogP contribution in [0.25, 0.3) is 0 Å². The topological polar surface area (TPSA) is 70.1 Å². The van der Waals surface area contributed by atoms with Crippen molar-refractivity contribution in [3.05, 3.63) is 42.2 Å². The summed E-state index contributed by atoms with van der Waals surface area (Å²) >= 11 is 2.75. The van der Waals surface area contributed by atoms with Gasteiger partial charge in [-0.3, -0.25) is 9.59 Å². The lowest BCUT2D eigenvalue weighted by atomic mass is 10.0. The van der Waals surface area contributed by atoms with E-state index in [1.165, 1.54) is 23.5 Å². The van der Waals surface area contributed by atoms with Gasteiger partial charge in [0.25, 0.3) is 11.8 Å². The van der Waals surface area contributed by atoms with E-state index in [9.17, 15) is 9.59 Å². The van der Waals surface area contributed by atoms with Gasteiger partial charge in [-0.2, -0.15) is 0 Å². The Labute approximate surface area is 175 Å². The molecule has 2 amide bonds. The summed E-state index contributed by atoms with van der Waals surface area (Å²) in [5.74, 6) is 0.574. The molecule has 0 saturated carbocycles. The SMILES string of the molecule is CSC1C(=O)N(C)C(Cc2ccc(OC=CC(C)CO)cc2)(SC)C(=O)N1C. The molecule has 6 nitrogen and oxygen atoms in total. The zero-order valence-electron chi connectivity index (χ0n) is 16.9. The van der Waals surface area contributed by atoms with Crippen molar-refractivity contribution in [2.45, 2.75) is 23.6 Å². The van der Waals surface area contributed by atoms with Crippen molar-refractivity contribution in [3.63, 3.8) is 0 Å². The first-order valence-electron chi connectivity index (χ1n) is 8.96.